The Morgan fingerprint density at radius 1 is 1.27 bits per heavy atom. The predicted molar refractivity (Wildman–Crippen MR) is 81.8 cm³/mol. The lowest BCUT2D eigenvalue weighted by atomic mass is 10.1. The minimum atomic E-state index is -1.13. The third-order valence-electron chi connectivity index (χ3n) is 3.27. The van der Waals surface area contributed by atoms with Gasteiger partial charge in [0.15, 0.2) is 0 Å². The van der Waals surface area contributed by atoms with Gasteiger partial charge in [-0.15, -0.1) is 0 Å². The van der Waals surface area contributed by atoms with Crippen molar-refractivity contribution >= 4 is 28.3 Å². The fourth-order valence-electron chi connectivity index (χ4n) is 2.21. The first-order chi connectivity index (χ1) is 10.5. The van der Waals surface area contributed by atoms with Crippen molar-refractivity contribution in [2.75, 3.05) is 0 Å². The van der Waals surface area contributed by atoms with E-state index in [2.05, 4.69) is 10.1 Å². The largest absolute Gasteiger partial charge is 0.477 e. The Morgan fingerprint density at radius 2 is 2.05 bits per heavy atom. The third-order valence-corrected chi connectivity index (χ3v) is 3.59. The number of halogens is 1. The van der Waals surface area contributed by atoms with Crippen LogP contribution in [0.15, 0.2) is 41.3 Å². The van der Waals surface area contributed by atoms with Crippen LogP contribution in [0.1, 0.15) is 16.2 Å². The first-order valence-electron chi connectivity index (χ1n) is 6.37. The number of hydrogen-bond acceptors (Lipinski definition) is 4. The van der Waals surface area contributed by atoms with Crippen molar-refractivity contribution in [2.45, 2.75) is 6.92 Å². The molecule has 0 radical (unpaired) electrons. The number of benzene rings is 1. The predicted octanol–water partition coefficient (Wildman–Crippen LogP) is 2.44. The Labute approximate surface area is 129 Å². The summed E-state index contributed by atoms with van der Waals surface area (Å²) in [5.41, 5.74) is 0.530. The maximum Gasteiger partial charge on any atom is 0.354 e. The highest BCUT2D eigenvalue weighted by molar-refractivity contribution is 6.35. The molecule has 1 aromatic carbocycles. The Hall–Kier alpha value is -2.73. The molecule has 0 spiro atoms. The number of carboxylic acid groups (broad SMARTS) is 1. The van der Waals surface area contributed by atoms with Gasteiger partial charge in [0.2, 0.25) is 0 Å². The summed E-state index contributed by atoms with van der Waals surface area (Å²) in [5.74, 6) is -1.13. The molecule has 6 nitrogen and oxygen atoms in total. The maximum absolute atomic E-state index is 12.6. The molecule has 0 atom stereocenters. The highest BCUT2D eigenvalue weighted by Crippen LogP contribution is 2.22. The Bertz CT molecular complexity index is 949. The van der Waals surface area contributed by atoms with E-state index in [-0.39, 0.29) is 11.3 Å². The number of carbonyl (C=O) groups is 1. The molecule has 3 aromatic rings. The van der Waals surface area contributed by atoms with Crippen LogP contribution in [0.25, 0.3) is 16.5 Å². The number of rotatable bonds is 2. The molecule has 0 aliphatic carbocycles. The summed E-state index contributed by atoms with van der Waals surface area (Å²) in [6.45, 7) is 1.77. The van der Waals surface area contributed by atoms with Crippen LogP contribution in [0.2, 0.25) is 5.02 Å². The molecule has 1 N–H and O–H groups in total. The van der Waals surface area contributed by atoms with E-state index in [1.807, 2.05) is 0 Å². The van der Waals surface area contributed by atoms with Crippen molar-refractivity contribution in [1.82, 2.24) is 14.8 Å². The quantitative estimate of drug-likeness (QED) is 0.785. The zero-order valence-corrected chi connectivity index (χ0v) is 12.2. The van der Waals surface area contributed by atoms with Crippen molar-refractivity contribution in [1.29, 1.82) is 0 Å². The Morgan fingerprint density at radius 3 is 2.68 bits per heavy atom. The smallest absolute Gasteiger partial charge is 0.354 e. The van der Waals surface area contributed by atoms with Crippen molar-refractivity contribution < 1.29 is 9.90 Å². The molecule has 0 bridgehead atoms. The summed E-state index contributed by atoms with van der Waals surface area (Å²) in [4.78, 5) is 27.2. The van der Waals surface area contributed by atoms with Crippen molar-refractivity contribution in [3.63, 3.8) is 0 Å². The van der Waals surface area contributed by atoms with Gasteiger partial charge in [0.05, 0.1) is 28.0 Å². The number of nitrogens with zero attached hydrogens (tertiary/aromatic N) is 3. The second kappa shape index (κ2) is 5.23. The number of aryl methyl sites for hydroxylation is 1. The van der Waals surface area contributed by atoms with E-state index < -0.39 is 5.97 Å². The average Bonchev–Trinajstić information content (AvgIpc) is 2.51. The van der Waals surface area contributed by atoms with Crippen molar-refractivity contribution in [3.05, 3.63) is 63.3 Å². The number of aromatic nitrogens is 3. The molecular formula is C15H10ClN3O3. The first kappa shape index (κ1) is 14.2. The van der Waals surface area contributed by atoms with Gasteiger partial charge in [-0.05, 0) is 25.1 Å². The fourth-order valence-corrected chi connectivity index (χ4v) is 2.47. The van der Waals surface area contributed by atoms with Crippen LogP contribution in [0.5, 0.6) is 0 Å². The molecule has 110 valence electrons. The van der Waals surface area contributed by atoms with Gasteiger partial charge in [-0.3, -0.25) is 4.79 Å². The standard InChI is InChI=1S/C15H10ClN3O3/c1-8-10-3-2-4-11(16)13(10)14(20)19(18-8)9-5-6-12(15(21)22)17-7-9/h2-7H,1H3,(H,21,22). The van der Waals surface area contributed by atoms with E-state index >= 15 is 0 Å². The van der Waals surface area contributed by atoms with Gasteiger partial charge in [0.1, 0.15) is 5.69 Å². The normalized spacial score (nSPS) is 10.8. The molecule has 2 aromatic heterocycles. The lowest BCUT2D eigenvalue weighted by Gasteiger charge is -2.09. The van der Waals surface area contributed by atoms with E-state index in [1.54, 1.807) is 25.1 Å². The van der Waals surface area contributed by atoms with Gasteiger partial charge < -0.3 is 5.11 Å². The van der Waals surface area contributed by atoms with Crippen LogP contribution in [0.4, 0.5) is 0 Å². The number of carboxylic acids is 1. The maximum atomic E-state index is 12.6. The molecule has 0 saturated heterocycles. The van der Waals surface area contributed by atoms with E-state index in [0.717, 1.165) is 0 Å². The molecule has 22 heavy (non-hydrogen) atoms. The monoisotopic (exact) mass is 315 g/mol. The molecule has 0 aliphatic rings. The van der Waals surface area contributed by atoms with Crippen LogP contribution in [0, 0.1) is 6.92 Å². The van der Waals surface area contributed by atoms with Crippen LogP contribution in [0.3, 0.4) is 0 Å². The van der Waals surface area contributed by atoms with Gasteiger partial charge in [-0.25, -0.2) is 9.78 Å². The second-order valence-electron chi connectivity index (χ2n) is 4.67. The lowest BCUT2D eigenvalue weighted by molar-refractivity contribution is 0.0690. The number of fused-ring (bicyclic) bond motifs is 1. The van der Waals surface area contributed by atoms with E-state index in [0.29, 0.717) is 27.2 Å². The molecule has 0 unspecified atom stereocenters. The Balaban J connectivity index is 2.28. The summed E-state index contributed by atoms with van der Waals surface area (Å²) in [6, 6.07) is 7.97. The number of aromatic carboxylic acids is 1. The van der Waals surface area contributed by atoms with Crippen LogP contribution >= 0.6 is 11.6 Å². The summed E-state index contributed by atoms with van der Waals surface area (Å²) < 4.78 is 1.17. The molecule has 7 heteroatoms. The molecule has 3 rings (SSSR count). The van der Waals surface area contributed by atoms with E-state index in [1.165, 1.54) is 23.0 Å². The highest BCUT2D eigenvalue weighted by atomic mass is 35.5. The third kappa shape index (κ3) is 2.23. The summed E-state index contributed by atoms with van der Waals surface area (Å²) in [5, 5.41) is 14.5. The van der Waals surface area contributed by atoms with E-state index in [4.69, 9.17) is 16.7 Å². The summed E-state index contributed by atoms with van der Waals surface area (Å²) >= 11 is 6.13. The van der Waals surface area contributed by atoms with Crippen molar-refractivity contribution in [2.24, 2.45) is 0 Å². The second-order valence-corrected chi connectivity index (χ2v) is 5.08. The van der Waals surface area contributed by atoms with Crippen LogP contribution in [-0.4, -0.2) is 25.8 Å². The van der Waals surface area contributed by atoms with Gasteiger partial charge in [0.25, 0.3) is 5.56 Å². The topological polar surface area (TPSA) is 85.1 Å². The minimum absolute atomic E-state index is 0.104. The number of pyridine rings is 1. The Kier molecular flexibility index (Phi) is 3.38. The molecule has 0 fully saturated rings. The average molecular weight is 316 g/mol. The molecule has 0 saturated carbocycles. The summed E-state index contributed by atoms with van der Waals surface area (Å²) in [6.07, 6.45) is 1.29. The van der Waals surface area contributed by atoms with Gasteiger partial charge in [-0.2, -0.15) is 9.78 Å². The highest BCUT2D eigenvalue weighted by Gasteiger charge is 2.13. The summed E-state index contributed by atoms with van der Waals surface area (Å²) in [7, 11) is 0. The zero-order chi connectivity index (χ0) is 15.9. The van der Waals surface area contributed by atoms with Crippen LogP contribution in [-0.2, 0) is 0 Å². The van der Waals surface area contributed by atoms with Gasteiger partial charge in [0, 0.05) is 5.39 Å². The van der Waals surface area contributed by atoms with Crippen molar-refractivity contribution in [3.8, 4) is 5.69 Å². The molecule has 2 heterocycles. The fraction of sp³-hybridized carbons (Fsp3) is 0.0667. The first-order valence-corrected chi connectivity index (χ1v) is 6.74. The van der Waals surface area contributed by atoms with Gasteiger partial charge >= 0.3 is 5.97 Å². The van der Waals surface area contributed by atoms with Gasteiger partial charge in [-0.1, -0.05) is 23.7 Å². The minimum Gasteiger partial charge on any atom is -0.477 e. The lowest BCUT2D eigenvalue weighted by Crippen LogP contribution is -2.23. The zero-order valence-electron chi connectivity index (χ0n) is 11.4. The molecule has 0 aliphatic heterocycles. The SMILES string of the molecule is Cc1nn(-c2ccc(C(=O)O)nc2)c(=O)c2c(Cl)cccc12. The number of hydrogen-bond donors (Lipinski definition) is 1. The van der Waals surface area contributed by atoms with Crippen LogP contribution < -0.4 is 5.56 Å². The molecule has 0 amide bonds. The molecular weight excluding hydrogens is 306 g/mol. The van der Waals surface area contributed by atoms with E-state index in [9.17, 15) is 9.59 Å².